The lowest BCUT2D eigenvalue weighted by Crippen LogP contribution is -2.45. The fraction of sp³-hybridized carbons (Fsp3) is 0.846. The first kappa shape index (κ1) is 56.1. The molecule has 58 heavy (non-hydrogen) atoms. The summed E-state index contributed by atoms with van der Waals surface area (Å²) in [4.78, 5) is 24.4. The third kappa shape index (κ3) is 43.7. The van der Waals surface area contributed by atoms with E-state index in [1.165, 1.54) is 128 Å². The second kappa shape index (κ2) is 47.8. The van der Waals surface area contributed by atoms with Crippen molar-refractivity contribution in [2.45, 2.75) is 270 Å². The van der Waals surface area contributed by atoms with Gasteiger partial charge in [0.2, 0.25) is 5.91 Å². The Morgan fingerprint density at radius 3 is 1.38 bits per heavy atom. The highest BCUT2D eigenvalue weighted by Crippen LogP contribution is 2.16. The molecule has 6 nitrogen and oxygen atoms in total. The molecule has 0 saturated heterocycles. The van der Waals surface area contributed by atoms with Gasteiger partial charge in [0.25, 0.3) is 0 Å². The van der Waals surface area contributed by atoms with Gasteiger partial charge in [0, 0.05) is 12.8 Å². The zero-order valence-electron chi connectivity index (χ0n) is 38.5. The summed E-state index contributed by atoms with van der Waals surface area (Å²) in [7, 11) is 0. The van der Waals surface area contributed by atoms with Crippen molar-refractivity contribution in [2.75, 3.05) is 13.2 Å². The Kier molecular flexibility index (Phi) is 46.2. The minimum atomic E-state index is -0.683. The average molecular weight is 816 g/mol. The van der Waals surface area contributed by atoms with Gasteiger partial charge in [-0.05, 0) is 77.0 Å². The molecule has 340 valence electrons. The van der Waals surface area contributed by atoms with Gasteiger partial charge in [-0.1, -0.05) is 204 Å². The summed E-state index contributed by atoms with van der Waals surface area (Å²) in [5.74, 6) is -0.111. The van der Waals surface area contributed by atoms with Gasteiger partial charge in [-0.25, -0.2) is 0 Å². The van der Waals surface area contributed by atoms with Gasteiger partial charge >= 0.3 is 5.97 Å². The highest BCUT2D eigenvalue weighted by molar-refractivity contribution is 5.76. The van der Waals surface area contributed by atoms with Crippen LogP contribution in [0.25, 0.3) is 0 Å². The first-order valence-corrected chi connectivity index (χ1v) is 25.2. The van der Waals surface area contributed by atoms with Crippen molar-refractivity contribution in [3.8, 4) is 0 Å². The summed E-state index contributed by atoms with van der Waals surface area (Å²) in [5, 5.41) is 23.2. The molecule has 0 radical (unpaired) electrons. The molecule has 1 amide bonds. The maximum Gasteiger partial charge on any atom is 0.305 e. The summed E-state index contributed by atoms with van der Waals surface area (Å²) in [6, 6.07) is -0.563. The predicted octanol–water partition coefficient (Wildman–Crippen LogP) is 14.9. The number of aliphatic hydroxyl groups is 2. The average Bonchev–Trinajstić information content (AvgIpc) is 3.22. The fourth-order valence-corrected chi connectivity index (χ4v) is 7.47. The zero-order valence-corrected chi connectivity index (χ0v) is 38.5. The SMILES string of the molecule is CCCC/C=C\C/C=C\CCCCCCCC(=O)OCCCC/C=C\CCCCCCCC(=O)NC(CO)C(O)CCCCCCCCCCCCCCCCCC. The molecular weight excluding hydrogens is 719 g/mol. The predicted molar refractivity (Wildman–Crippen MR) is 250 cm³/mol. The van der Waals surface area contributed by atoms with Crippen LogP contribution in [0.15, 0.2) is 36.5 Å². The van der Waals surface area contributed by atoms with E-state index in [1.807, 2.05) is 0 Å². The highest BCUT2D eigenvalue weighted by atomic mass is 16.5. The molecule has 0 heterocycles. The van der Waals surface area contributed by atoms with Crippen LogP contribution >= 0.6 is 0 Å². The Morgan fingerprint density at radius 2 is 0.879 bits per heavy atom. The van der Waals surface area contributed by atoms with Gasteiger partial charge in [-0.2, -0.15) is 0 Å². The van der Waals surface area contributed by atoms with Gasteiger partial charge in [-0.15, -0.1) is 0 Å². The van der Waals surface area contributed by atoms with Crippen LogP contribution in [0.1, 0.15) is 258 Å². The molecular formula is C52H97NO5. The van der Waals surface area contributed by atoms with Crippen LogP contribution < -0.4 is 5.32 Å². The number of aliphatic hydroxyl groups excluding tert-OH is 2. The van der Waals surface area contributed by atoms with Crippen molar-refractivity contribution < 1.29 is 24.5 Å². The van der Waals surface area contributed by atoms with E-state index >= 15 is 0 Å². The molecule has 0 aliphatic rings. The van der Waals surface area contributed by atoms with E-state index in [9.17, 15) is 19.8 Å². The number of carbonyl (C=O) groups excluding carboxylic acids is 2. The van der Waals surface area contributed by atoms with Crippen molar-refractivity contribution in [3.63, 3.8) is 0 Å². The third-order valence-corrected chi connectivity index (χ3v) is 11.4. The molecule has 0 bridgehead atoms. The van der Waals surface area contributed by atoms with Crippen LogP contribution in [0, 0.1) is 0 Å². The summed E-state index contributed by atoms with van der Waals surface area (Å²) >= 11 is 0. The van der Waals surface area contributed by atoms with Crippen molar-refractivity contribution >= 4 is 11.9 Å². The number of rotatable bonds is 46. The lowest BCUT2D eigenvalue weighted by Gasteiger charge is -2.22. The molecule has 0 aromatic rings. The number of allylic oxidation sites excluding steroid dienone is 6. The lowest BCUT2D eigenvalue weighted by molar-refractivity contribution is -0.143. The zero-order chi connectivity index (χ0) is 42.3. The van der Waals surface area contributed by atoms with Crippen molar-refractivity contribution in [2.24, 2.45) is 0 Å². The van der Waals surface area contributed by atoms with E-state index in [2.05, 4.69) is 55.6 Å². The Morgan fingerprint density at radius 1 is 0.483 bits per heavy atom. The molecule has 2 atom stereocenters. The normalized spacial score (nSPS) is 13.0. The van der Waals surface area contributed by atoms with Gasteiger partial charge in [-0.3, -0.25) is 9.59 Å². The molecule has 0 saturated carbocycles. The lowest BCUT2D eigenvalue weighted by atomic mass is 10.0. The number of hydrogen-bond acceptors (Lipinski definition) is 5. The molecule has 2 unspecified atom stereocenters. The monoisotopic (exact) mass is 816 g/mol. The first-order chi connectivity index (χ1) is 28.5. The topological polar surface area (TPSA) is 95.9 Å². The molecule has 0 aromatic carbocycles. The van der Waals surface area contributed by atoms with Crippen molar-refractivity contribution in [1.82, 2.24) is 5.32 Å². The summed E-state index contributed by atoms with van der Waals surface area (Å²) in [5.41, 5.74) is 0. The number of hydrogen-bond donors (Lipinski definition) is 3. The first-order valence-electron chi connectivity index (χ1n) is 25.2. The molecule has 0 aromatic heterocycles. The van der Waals surface area contributed by atoms with Gasteiger partial charge in [0.1, 0.15) is 0 Å². The number of ether oxygens (including phenoxy) is 1. The van der Waals surface area contributed by atoms with Crippen molar-refractivity contribution in [3.05, 3.63) is 36.5 Å². The molecule has 3 N–H and O–H groups in total. The smallest absolute Gasteiger partial charge is 0.305 e. The molecule has 0 aliphatic heterocycles. The number of esters is 1. The summed E-state index contributed by atoms with van der Waals surface area (Å²) < 4.78 is 5.42. The quantitative estimate of drug-likeness (QED) is 0.0323. The number of nitrogens with one attached hydrogen (secondary N) is 1. The van der Waals surface area contributed by atoms with E-state index in [0.717, 1.165) is 96.3 Å². The fourth-order valence-electron chi connectivity index (χ4n) is 7.47. The van der Waals surface area contributed by atoms with Crippen LogP contribution in [0.3, 0.4) is 0 Å². The molecule has 0 fully saturated rings. The van der Waals surface area contributed by atoms with Crippen LogP contribution in [-0.4, -0.2) is 47.4 Å². The summed E-state index contributed by atoms with van der Waals surface area (Å²) in [6.07, 6.45) is 56.8. The van der Waals surface area contributed by atoms with Gasteiger partial charge in [0.15, 0.2) is 0 Å². The Hall–Kier alpha value is -1.92. The van der Waals surface area contributed by atoms with E-state index in [4.69, 9.17) is 4.74 Å². The molecule has 0 spiro atoms. The Balaban J connectivity index is 3.54. The second-order valence-electron chi connectivity index (χ2n) is 17.1. The van der Waals surface area contributed by atoms with E-state index in [1.54, 1.807) is 0 Å². The summed E-state index contributed by atoms with van der Waals surface area (Å²) in [6.45, 7) is 4.82. The van der Waals surface area contributed by atoms with Crippen molar-refractivity contribution in [1.29, 1.82) is 0 Å². The third-order valence-electron chi connectivity index (χ3n) is 11.4. The largest absolute Gasteiger partial charge is 0.466 e. The Labute approximate surface area is 360 Å². The molecule has 0 aliphatic carbocycles. The maximum absolute atomic E-state index is 12.4. The van der Waals surface area contributed by atoms with Gasteiger partial charge in [0.05, 0.1) is 25.4 Å². The van der Waals surface area contributed by atoms with Crippen LogP contribution in [0.2, 0.25) is 0 Å². The minimum absolute atomic E-state index is 0.0462. The molecule has 6 heteroatoms. The molecule has 0 rings (SSSR count). The highest BCUT2D eigenvalue weighted by Gasteiger charge is 2.20. The van der Waals surface area contributed by atoms with E-state index < -0.39 is 12.1 Å². The number of unbranched alkanes of at least 4 members (excludes halogenated alkanes) is 29. The van der Waals surface area contributed by atoms with Crippen LogP contribution in [0.4, 0.5) is 0 Å². The van der Waals surface area contributed by atoms with E-state index in [-0.39, 0.29) is 18.5 Å². The standard InChI is InChI=1S/C52H97NO5/c1-3-5-7-9-11-13-15-17-19-20-21-24-28-32-36-40-44-50(55)49(48-54)53-51(56)45-41-37-33-29-25-23-27-31-35-39-43-47-58-52(57)46-42-38-34-30-26-22-18-16-14-12-10-8-6-4-2/h10,12,16,18,27,31,49-50,54-55H,3-9,11,13-15,17,19-26,28-30,32-48H2,1-2H3,(H,53,56)/b12-10-,18-16-,31-27-. The van der Waals surface area contributed by atoms with Crippen LogP contribution in [0.5, 0.6) is 0 Å². The van der Waals surface area contributed by atoms with Crippen LogP contribution in [-0.2, 0) is 14.3 Å². The number of amides is 1. The maximum atomic E-state index is 12.4. The second-order valence-corrected chi connectivity index (χ2v) is 17.1. The Bertz CT molecular complexity index is 946. The minimum Gasteiger partial charge on any atom is -0.466 e. The van der Waals surface area contributed by atoms with E-state index in [0.29, 0.717) is 25.9 Å². The van der Waals surface area contributed by atoms with Gasteiger partial charge < -0.3 is 20.3 Å². The number of carbonyl (C=O) groups is 2.